The lowest BCUT2D eigenvalue weighted by molar-refractivity contribution is -0.393. The van der Waals surface area contributed by atoms with E-state index in [4.69, 9.17) is 4.74 Å². The zero-order valence-corrected chi connectivity index (χ0v) is 14.2. The van der Waals surface area contributed by atoms with Crippen LogP contribution in [0.5, 0.6) is 0 Å². The van der Waals surface area contributed by atoms with Crippen molar-refractivity contribution in [1.82, 2.24) is 0 Å². The molecule has 1 aromatic carbocycles. The maximum atomic E-state index is 12.0. The Bertz CT molecular complexity index is 689. The SMILES string of the molecule is CCCC(C(=O)OCC)C(C)=NNc1ccc([N+](=O)[O-])cc1[N+](=O)[O-]. The molecule has 1 rings (SSSR count). The topological polar surface area (TPSA) is 137 Å². The molecule has 10 nitrogen and oxygen atoms in total. The number of ether oxygens (including phenoxy) is 1. The van der Waals surface area contributed by atoms with Gasteiger partial charge in [-0.2, -0.15) is 5.10 Å². The molecular formula is C15H20N4O6. The van der Waals surface area contributed by atoms with Crippen molar-refractivity contribution in [3.63, 3.8) is 0 Å². The van der Waals surface area contributed by atoms with Crippen molar-refractivity contribution in [2.24, 2.45) is 11.0 Å². The van der Waals surface area contributed by atoms with Crippen LogP contribution >= 0.6 is 0 Å². The number of hydrogen-bond acceptors (Lipinski definition) is 8. The van der Waals surface area contributed by atoms with E-state index in [0.29, 0.717) is 12.1 Å². The van der Waals surface area contributed by atoms with Crippen LogP contribution in [0.3, 0.4) is 0 Å². The van der Waals surface area contributed by atoms with Crippen LogP contribution in [0, 0.1) is 26.1 Å². The summed E-state index contributed by atoms with van der Waals surface area (Å²) >= 11 is 0. The number of anilines is 1. The minimum absolute atomic E-state index is 0.00550. The Morgan fingerprint density at radius 1 is 1.28 bits per heavy atom. The summed E-state index contributed by atoms with van der Waals surface area (Å²) in [5.41, 5.74) is 2.04. The number of nitro benzene ring substituents is 2. The largest absolute Gasteiger partial charge is 0.465 e. The highest BCUT2D eigenvalue weighted by molar-refractivity contribution is 6.01. The number of benzene rings is 1. The molecule has 0 amide bonds. The number of esters is 1. The Morgan fingerprint density at radius 2 is 1.96 bits per heavy atom. The average Bonchev–Trinajstić information content (AvgIpc) is 2.57. The molecule has 0 bridgehead atoms. The Morgan fingerprint density at radius 3 is 2.48 bits per heavy atom. The number of hydrazone groups is 1. The van der Waals surface area contributed by atoms with Crippen LogP contribution in [-0.4, -0.2) is 28.1 Å². The second-order valence-corrected chi connectivity index (χ2v) is 5.17. The summed E-state index contributed by atoms with van der Waals surface area (Å²) in [5, 5.41) is 25.9. The van der Waals surface area contributed by atoms with Gasteiger partial charge in [-0.1, -0.05) is 13.3 Å². The molecule has 1 aromatic rings. The average molecular weight is 352 g/mol. The first kappa shape index (κ1) is 20.0. The molecule has 25 heavy (non-hydrogen) atoms. The van der Waals surface area contributed by atoms with Gasteiger partial charge in [0.1, 0.15) is 5.69 Å². The molecule has 0 saturated carbocycles. The summed E-state index contributed by atoms with van der Waals surface area (Å²) in [6.45, 7) is 5.47. The Kier molecular flexibility index (Phi) is 7.44. The summed E-state index contributed by atoms with van der Waals surface area (Å²) < 4.78 is 5.00. The predicted molar refractivity (Wildman–Crippen MR) is 91.5 cm³/mol. The standard InChI is InChI=1S/C15H20N4O6/c1-4-6-12(15(20)25-5-2)10(3)16-17-13-8-7-11(18(21)22)9-14(13)19(23)24/h7-9,12,17H,4-6H2,1-3H3. The molecule has 0 aliphatic rings. The zero-order chi connectivity index (χ0) is 19.0. The molecule has 0 aromatic heterocycles. The minimum Gasteiger partial charge on any atom is -0.465 e. The fourth-order valence-electron chi connectivity index (χ4n) is 2.13. The number of rotatable bonds is 9. The molecule has 0 aliphatic carbocycles. The molecule has 136 valence electrons. The van der Waals surface area contributed by atoms with E-state index in [1.54, 1.807) is 13.8 Å². The molecule has 10 heteroatoms. The second kappa shape index (κ2) is 9.30. The van der Waals surface area contributed by atoms with Gasteiger partial charge in [0.15, 0.2) is 0 Å². The third-order valence-electron chi connectivity index (χ3n) is 3.39. The van der Waals surface area contributed by atoms with E-state index in [-0.39, 0.29) is 12.3 Å². The fraction of sp³-hybridized carbons (Fsp3) is 0.467. The third-order valence-corrected chi connectivity index (χ3v) is 3.39. The van der Waals surface area contributed by atoms with E-state index in [2.05, 4.69) is 10.5 Å². The lowest BCUT2D eigenvalue weighted by Gasteiger charge is -2.14. The van der Waals surface area contributed by atoms with Crippen molar-refractivity contribution in [2.45, 2.75) is 33.6 Å². The van der Waals surface area contributed by atoms with Crippen LogP contribution in [0.15, 0.2) is 23.3 Å². The van der Waals surface area contributed by atoms with E-state index >= 15 is 0 Å². The fourth-order valence-corrected chi connectivity index (χ4v) is 2.13. The number of nitro groups is 2. The first-order valence-corrected chi connectivity index (χ1v) is 7.71. The van der Waals surface area contributed by atoms with Gasteiger partial charge in [-0.25, -0.2) is 0 Å². The molecule has 0 saturated heterocycles. The van der Waals surface area contributed by atoms with Crippen LogP contribution in [0.2, 0.25) is 0 Å². The van der Waals surface area contributed by atoms with Crippen molar-refractivity contribution < 1.29 is 19.4 Å². The predicted octanol–water partition coefficient (Wildman–Crippen LogP) is 3.27. The molecule has 0 fully saturated rings. The lowest BCUT2D eigenvalue weighted by Crippen LogP contribution is -2.25. The smallest absolute Gasteiger partial charge is 0.314 e. The van der Waals surface area contributed by atoms with Gasteiger partial charge in [0.05, 0.1) is 28.4 Å². The highest BCUT2D eigenvalue weighted by Gasteiger charge is 2.23. The number of carbonyl (C=O) groups is 1. The zero-order valence-electron chi connectivity index (χ0n) is 14.2. The first-order chi connectivity index (χ1) is 11.8. The second-order valence-electron chi connectivity index (χ2n) is 5.17. The van der Waals surface area contributed by atoms with Crippen LogP contribution in [0.25, 0.3) is 0 Å². The summed E-state index contributed by atoms with van der Waals surface area (Å²) in [6, 6.07) is 3.18. The summed E-state index contributed by atoms with van der Waals surface area (Å²) in [4.78, 5) is 32.3. The highest BCUT2D eigenvalue weighted by atomic mass is 16.6. The maximum Gasteiger partial charge on any atom is 0.314 e. The Balaban J connectivity index is 3.07. The summed E-state index contributed by atoms with van der Waals surface area (Å²) in [7, 11) is 0. The van der Waals surface area contributed by atoms with Crippen molar-refractivity contribution in [1.29, 1.82) is 0 Å². The molecule has 1 N–H and O–H groups in total. The molecule has 0 radical (unpaired) electrons. The van der Waals surface area contributed by atoms with Crippen LogP contribution in [0.1, 0.15) is 33.6 Å². The van der Waals surface area contributed by atoms with E-state index in [9.17, 15) is 25.0 Å². The lowest BCUT2D eigenvalue weighted by atomic mass is 9.99. The van der Waals surface area contributed by atoms with Crippen molar-refractivity contribution in [3.8, 4) is 0 Å². The number of nitrogens with one attached hydrogen (secondary N) is 1. The van der Waals surface area contributed by atoms with Crippen molar-refractivity contribution >= 4 is 28.7 Å². The van der Waals surface area contributed by atoms with Crippen molar-refractivity contribution in [3.05, 3.63) is 38.4 Å². The minimum atomic E-state index is -0.741. The van der Waals surface area contributed by atoms with Gasteiger partial charge in [-0.3, -0.25) is 30.4 Å². The Hall–Kier alpha value is -3.04. The first-order valence-electron chi connectivity index (χ1n) is 7.71. The summed E-state index contributed by atoms with van der Waals surface area (Å²) in [5.74, 6) is -0.972. The molecule has 1 unspecified atom stereocenters. The molecule has 0 aliphatic heterocycles. The van der Waals surface area contributed by atoms with E-state index < -0.39 is 33.1 Å². The van der Waals surface area contributed by atoms with Gasteiger partial charge < -0.3 is 4.74 Å². The van der Waals surface area contributed by atoms with Gasteiger partial charge in [0.25, 0.3) is 5.69 Å². The van der Waals surface area contributed by atoms with Crippen LogP contribution in [0.4, 0.5) is 17.1 Å². The summed E-state index contributed by atoms with van der Waals surface area (Å²) in [6.07, 6.45) is 1.26. The van der Waals surface area contributed by atoms with Crippen molar-refractivity contribution in [2.75, 3.05) is 12.0 Å². The Labute approximate surface area is 144 Å². The van der Waals surface area contributed by atoms with Gasteiger partial charge >= 0.3 is 11.7 Å². The highest BCUT2D eigenvalue weighted by Crippen LogP contribution is 2.29. The van der Waals surface area contributed by atoms with Gasteiger partial charge in [-0.05, 0) is 26.3 Å². The van der Waals surface area contributed by atoms with Gasteiger partial charge in [0, 0.05) is 11.8 Å². The monoisotopic (exact) mass is 352 g/mol. The van der Waals surface area contributed by atoms with Crippen LogP contribution < -0.4 is 5.43 Å². The number of non-ortho nitro benzene ring substituents is 1. The number of nitrogens with zero attached hydrogens (tertiary/aromatic N) is 3. The quantitative estimate of drug-likeness (QED) is 0.311. The van der Waals surface area contributed by atoms with Crippen LogP contribution in [-0.2, 0) is 9.53 Å². The van der Waals surface area contributed by atoms with Gasteiger partial charge in [-0.15, -0.1) is 0 Å². The van der Waals surface area contributed by atoms with Gasteiger partial charge in [0.2, 0.25) is 0 Å². The number of carbonyl (C=O) groups excluding carboxylic acids is 1. The molecular weight excluding hydrogens is 332 g/mol. The van der Waals surface area contributed by atoms with E-state index in [1.807, 2.05) is 6.92 Å². The molecule has 0 heterocycles. The normalized spacial score (nSPS) is 12.4. The number of hydrogen-bond donors (Lipinski definition) is 1. The van der Waals surface area contributed by atoms with E-state index in [0.717, 1.165) is 18.6 Å². The maximum absolute atomic E-state index is 12.0. The molecule has 0 spiro atoms. The third kappa shape index (κ3) is 5.52. The van der Waals surface area contributed by atoms with E-state index in [1.165, 1.54) is 6.07 Å². The molecule has 1 atom stereocenters.